The molecule has 0 aliphatic carbocycles. The van der Waals surface area contributed by atoms with Crippen molar-refractivity contribution < 1.29 is 32.2 Å². The zero-order valence-corrected chi connectivity index (χ0v) is 15.7. The monoisotopic (exact) mass is 415 g/mol. The van der Waals surface area contributed by atoms with Crippen molar-refractivity contribution in [1.29, 1.82) is 0 Å². The van der Waals surface area contributed by atoms with Crippen LogP contribution in [0, 0.1) is 6.92 Å². The van der Waals surface area contributed by atoms with Crippen molar-refractivity contribution >= 4 is 29.2 Å². The summed E-state index contributed by atoms with van der Waals surface area (Å²) in [5, 5.41) is 2.14. The maximum absolute atomic E-state index is 12.8. The van der Waals surface area contributed by atoms with Crippen molar-refractivity contribution in [3.8, 4) is 5.75 Å². The number of carbonyl (C=O) groups is 2. The number of benzene rings is 2. The highest BCUT2D eigenvalue weighted by atomic mass is 35.5. The van der Waals surface area contributed by atoms with Crippen LogP contribution < -0.4 is 10.1 Å². The molecule has 0 aliphatic rings. The summed E-state index contributed by atoms with van der Waals surface area (Å²) in [7, 11) is 0. The summed E-state index contributed by atoms with van der Waals surface area (Å²) >= 11 is 5.82. The van der Waals surface area contributed by atoms with E-state index >= 15 is 0 Å². The molecular weight excluding hydrogens is 399 g/mol. The zero-order chi connectivity index (χ0) is 20.9. The summed E-state index contributed by atoms with van der Waals surface area (Å²) in [4.78, 5) is 24.0. The predicted octanol–water partition coefficient (Wildman–Crippen LogP) is 4.62. The Morgan fingerprint density at radius 1 is 1.18 bits per heavy atom. The van der Waals surface area contributed by atoms with Gasteiger partial charge >= 0.3 is 12.1 Å². The molecule has 5 nitrogen and oxygen atoms in total. The number of carbonyl (C=O) groups excluding carboxylic acids is 2. The summed E-state index contributed by atoms with van der Waals surface area (Å²) in [5.74, 6) is -1.14. The number of esters is 1. The van der Waals surface area contributed by atoms with Gasteiger partial charge in [0.25, 0.3) is 5.91 Å². The number of hydrogen-bond donors (Lipinski definition) is 1. The average Bonchev–Trinajstić information content (AvgIpc) is 2.61. The quantitative estimate of drug-likeness (QED) is 0.699. The first kappa shape index (κ1) is 21.6. The average molecular weight is 416 g/mol. The van der Waals surface area contributed by atoms with Crippen LogP contribution in [0.2, 0.25) is 5.02 Å². The maximum atomic E-state index is 12.8. The molecule has 0 unspecified atom stereocenters. The van der Waals surface area contributed by atoms with Gasteiger partial charge in [-0.15, -0.1) is 0 Å². The van der Waals surface area contributed by atoms with E-state index < -0.39 is 36.3 Å². The molecule has 0 aliphatic heterocycles. The molecule has 9 heteroatoms. The lowest BCUT2D eigenvalue weighted by molar-refractivity contribution is -0.155. The number of aryl methyl sites for hydroxylation is 1. The van der Waals surface area contributed by atoms with Crippen LogP contribution in [0.1, 0.15) is 18.1 Å². The fourth-order valence-corrected chi connectivity index (χ4v) is 2.34. The van der Waals surface area contributed by atoms with Gasteiger partial charge in [-0.1, -0.05) is 29.8 Å². The van der Waals surface area contributed by atoms with Crippen LogP contribution in [0.25, 0.3) is 0 Å². The Morgan fingerprint density at radius 2 is 1.86 bits per heavy atom. The number of hydrogen-bond acceptors (Lipinski definition) is 4. The maximum Gasteiger partial charge on any atom is 0.416 e. The highest BCUT2D eigenvalue weighted by Crippen LogP contribution is 2.33. The molecule has 1 N–H and O–H groups in total. The largest absolute Gasteiger partial charge is 0.482 e. The van der Waals surface area contributed by atoms with Crippen LogP contribution in [-0.2, 0) is 20.5 Å². The third kappa shape index (κ3) is 5.88. The van der Waals surface area contributed by atoms with Crippen LogP contribution in [0.5, 0.6) is 5.75 Å². The van der Waals surface area contributed by atoms with Crippen LogP contribution in [0.15, 0.2) is 42.5 Å². The summed E-state index contributed by atoms with van der Waals surface area (Å²) in [6.45, 7) is 2.66. The Bertz CT molecular complexity index is 870. The third-order valence-corrected chi connectivity index (χ3v) is 4.00. The molecular formula is C19H17ClF3NO4. The highest BCUT2D eigenvalue weighted by Gasteiger charge is 2.31. The number of amides is 1. The number of halogens is 4. The molecule has 0 heterocycles. The topological polar surface area (TPSA) is 64.6 Å². The summed E-state index contributed by atoms with van der Waals surface area (Å²) in [6, 6.07) is 9.55. The number of nitrogens with one attached hydrogen (secondary N) is 1. The molecule has 2 rings (SSSR count). The van der Waals surface area contributed by atoms with Crippen molar-refractivity contribution in [2.75, 3.05) is 11.9 Å². The van der Waals surface area contributed by atoms with Crippen LogP contribution in [0.3, 0.4) is 0 Å². The Balaban J connectivity index is 1.94. The molecule has 1 atom stereocenters. The lowest BCUT2D eigenvalue weighted by Gasteiger charge is -2.16. The number of anilines is 1. The molecule has 150 valence electrons. The second-order valence-electron chi connectivity index (χ2n) is 5.87. The van der Waals surface area contributed by atoms with E-state index in [4.69, 9.17) is 21.1 Å². The van der Waals surface area contributed by atoms with Crippen molar-refractivity contribution in [3.05, 3.63) is 58.6 Å². The predicted molar refractivity (Wildman–Crippen MR) is 97.3 cm³/mol. The molecule has 1 amide bonds. The molecule has 2 aromatic rings. The van der Waals surface area contributed by atoms with Gasteiger partial charge in [0, 0.05) is 0 Å². The van der Waals surface area contributed by atoms with Crippen molar-refractivity contribution in [2.45, 2.75) is 26.1 Å². The molecule has 28 heavy (non-hydrogen) atoms. The smallest absolute Gasteiger partial charge is 0.416 e. The summed E-state index contributed by atoms with van der Waals surface area (Å²) in [6.07, 6.45) is -5.85. The molecule has 0 saturated heterocycles. The number of ether oxygens (including phenoxy) is 2. The van der Waals surface area contributed by atoms with Crippen LogP contribution in [-0.4, -0.2) is 24.6 Å². The third-order valence-electron chi connectivity index (χ3n) is 3.67. The van der Waals surface area contributed by atoms with E-state index in [1.54, 1.807) is 25.1 Å². The van der Waals surface area contributed by atoms with Gasteiger partial charge in [-0.05, 0) is 43.7 Å². The minimum atomic E-state index is -4.59. The second-order valence-corrected chi connectivity index (χ2v) is 6.28. The van der Waals surface area contributed by atoms with Gasteiger partial charge in [0.2, 0.25) is 0 Å². The van der Waals surface area contributed by atoms with Gasteiger partial charge in [-0.25, -0.2) is 4.79 Å². The van der Waals surface area contributed by atoms with E-state index in [2.05, 4.69) is 5.32 Å². The standard InChI is InChI=1S/C19H17ClF3NO4/c1-11-5-3-4-6-16(11)27-10-17(25)28-12(2)18(26)24-15-9-13(19(21,22)23)7-8-14(15)20/h3-9,12H,10H2,1-2H3,(H,24,26)/t12-/m0/s1. The zero-order valence-electron chi connectivity index (χ0n) is 15.0. The lowest BCUT2D eigenvalue weighted by atomic mass is 10.2. The van der Waals surface area contributed by atoms with Crippen LogP contribution in [0.4, 0.5) is 18.9 Å². The van der Waals surface area contributed by atoms with E-state index in [-0.39, 0.29) is 10.7 Å². The second kappa shape index (κ2) is 8.97. The van der Waals surface area contributed by atoms with Crippen molar-refractivity contribution in [1.82, 2.24) is 0 Å². The molecule has 2 aromatic carbocycles. The van der Waals surface area contributed by atoms with Gasteiger partial charge < -0.3 is 14.8 Å². The summed E-state index contributed by atoms with van der Waals surface area (Å²) < 4.78 is 48.6. The Labute approximate surface area is 164 Å². The minimum Gasteiger partial charge on any atom is -0.482 e. The van der Waals surface area contributed by atoms with Gasteiger partial charge in [0.05, 0.1) is 16.3 Å². The van der Waals surface area contributed by atoms with E-state index in [0.717, 1.165) is 17.7 Å². The Morgan fingerprint density at radius 3 is 2.50 bits per heavy atom. The van der Waals surface area contributed by atoms with Gasteiger partial charge in [-0.2, -0.15) is 13.2 Å². The molecule has 0 bridgehead atoms. The van der Waals surface area contributed by atoms with Crippen LogP contribution >= 0.6 is 11.6 Å². The molecule has 0 saturated carbocycles. The van der Waals surface area contributed by atoms with Gasteiger partial charge in [0.15, 0.2) is 12.7 Å². The van der Waals surface area contributed by atoms with Crippen molar-refractivity contribution in [3.63, 3.8) is 0 Å². The number of alkyl halides is 3. The van der Waals surface area contributed by atoms with Crippen molar-refractivity contribution in [2.24, 2.45) is 0 Å². The first-order valence-electron chi connectivity index (χ1n) is 8.13. The molecule has 0 radical (unpaired) electrons. The van der Waals surface area contributed by atoms with E-state index in [1.165, 1.54) is 6.92 Å². The van der Waals surface area contributed by atoms with Gasteiger partial charge in [0.1, 0.15) is 5.75 Å². The summed E-state index contributed by atoms with van der Waals surface area (Å²) in [5.41, 5.74) is -0.385. The highest BCUT2D eigenvalue weighted by molar-refractivity contribution is 6.33. The van der Waals surface area contributed by atoms with E-state index in [0.29, 0.717) is 11.8 Å². The van der Waals surface area contributed by atoms with Gasteiger partial charge in [-0.3, -0.25) is 4.79 Å². The molecule has 0 aromatic heterocycles. The van der Waals surface area contributed by atoms with E-state index in [9.17, 15) is 22.8 Å². The number of para-hydroxylation sites is 1. The SMILES string of the molecule is Cc1ccccc1OCC(=O)O[C@@H](C)C(=O)Nc1cc(C(F)(F)F)ccc1Cl. The lowest BCUT2D eigenvalue weighted by Crippen LogP contribution is -2.31. The normalized spacial score (nSPS) is 12.2. The van der Waals surface area contributed by atoms with E-state index in [1.807, 2.05) is 6.07 Å². The molecule has 0 spiro atoms. The fourth-order valence-electron chi connectivity index (χ4n) is 2.17. The first-order chi connectivity index (χ1) is 13.1. The number of rotatable bonds is 6. The Kier molecular flexibility index (Phi) is 6.90. The fraction of sp³-hybridized carbons (Fsp3) is 0.263. The first-order valence-corrected chi connectivity index (χ1v) is 8.51. The minimum absolute atomic E-state index is 0.0808. The molecule has 0 fully saturated rings. The Hall–Kier alpha value is -2.74.